The Morgan fingerprint density at radius 3 is 2.75 bits per heavy atom. The van der Waals surface area contributed by atoms with Gasteiger partial charge in [-0.3, -0.25) is 0 Å². The Kier molecular flexibility index (Phi) is 4.02. The minimum Gasteiger partial charge on any atom is -0.0985 e. The van der Waals surface area contributed by atoms with Crippen LogP contribution in [0, 0.1) is 0 Å². The Hall–Kier alpha value is -0.0800. The highest BCUT2D eigenvalue weighted by molar-refractivity contribution is 9.24. The van der Waals surface area contributed by atoms with Gasteiger partial charge in [-0.05, 0) is 17.5 Å². The number of alkyl halides is 2. The molecule has 64 valence electrons. The molecule has 1 aromatic rings. The molecule has 0 radical (unpaired) electrons. The summed E-state index contributed by atoms with van der Waals surface area (Å²) in [5.74, 6) is 0. The molecule has 0 bridgehead atoms. The quantitative estimate of drug-likeness (QED) is 0.738. The summed E-state index contributed by atoms with van der Waals surface area (Å²) >= 11 is 6.90. The second-order valence-corrected chi connectivity index (χ2v) is 5.98. The van der Waals surface area contributed by atoms with Gasteiger partial charge in [0.2, 0.25) is 0 Å². The number of halogens is 2. The second-order valence-electron chi connectivity index (χ2n) is 2.54. The smallest absolute Gasteiger partial charge is 0.0738 e. The SMILES string of the molecule is C=Cc1cccc(CC(Br)Br)c1. The Morgan fingerprint density at radius 2 is 2.17 bits per heavy atom. The summed E-state index contributed by atoms with van der Waals surface area (Å²) in [6.07, 6.45) is 2.85. The maximum atomic E-state index is 3.73. The molecule has 0 spiro atoms. The lowest BCUT2D eigenvalue weighted by Gasteiger charge is -2.02. The minimum absolute atomic E-state index is 0.352. The van der Waals surface area contributed by atoms with E-state index in [0.717, 1.165) is 6.42 Å². The van der Waals surface area contributed by atoms with Crippen molar-refractivity contribution in [2.45, 2.75) is 10.2 Å². The van der Waals surface area contributed by atoms with Crippen molar-refractivity contribution in [1.29, 1.82) is 0 Å². The molecule has 0 aliphatic carbocycles. The standard InChI is InChI=1S/C10H10Br2/c1-2-8-4-3-5-9(6-8)7-10(11)12/h2-6,10H,1,7H2. The lowest BCUT2D eigenvalue weighted by molar-refractivity contribution is 1.13. The van der Waals surface area contributed by atoms with Crippen LogP contribution in [0.25, 0.3) is 6.08 Å². The third-order valence-corrected chi connectivity index (χ3v) is 2.22. The predicted molar refractivity (Wildman–Crippen MR) is 61.9 cm³/mol. The maximum Gasteiger partial charge on any atom is 0.0738 e. The van der Waals surface area contributed by atoms with E-state index in [-0.39, 0.29) is 0 Å². The van der Waals surface area contributed by atoms with Crippen LogP contribution in [0.5, 0.6) is 0 Å². The topological polar surface area (TPSA) is 0 Å². The molecule has 0 aromatic heterocycles. The zero-order valence-electron chi connectivity index (χ0n) is 6.63. The van der Waals surface area contributed by atoms with Gasteiger partial charge in [-0.15, -0.1) is 0 Å². The average molecular weight is 290 g/mol. The number of hydrogen-bond acceptors (Lipinski definition) is 0. The van der Waals surface area contributed by atoms with Gasteiger partial charge in [0, 0.05) is 0 Å². The molecule has 0 saturated carbocycles. The van der Waals surface area contributed by atoms with E-state index in [0.29, 0.717) is 3.74 Å². The van der Waals surface area contributed by atoms with Gasteiger partial charge in [-0.2, -0.15) is 0 Å². The number of hydrogen-bond donors (Lipinski definition) is 0. The first kappa shape index (κ1) is 10.0. The van der Waals surface area contributed by atoms with Crippen molar-refractivity contribution < 1.29 is 0 Å². The normalized spacial score (nSPS) is 10.2. The van der Waals surface area contributed by atoms with Gasteiger partial charge < -0.3 is 0 Å². The van der Waals surface area contributed by atoms with Crippen LogP contribution < -0.4 is 0 Å². The van der Waals surface area contributed by atoms with Crippen molar-refractivity contribution in [3.05, 3.63) is 42.0 Å². The molecule has 0 atom stereocenters. The summed E-state index contributed by atoms with van der Waals surface area (Å²) in [5, 5.41) is 0. The van der Waals surface area contributed by atoms with E-state index in [1.165, 1.54) is 11.1 Å². The highest BCUT2D eigenvalue weighted by atomic mass is 79.9. The first-order valence-electron chi connectivity index (χ1n) is 3.72. The van der Waals surface area contributed by atoms with E-state index in [9.17, 15) is 0 Å². The molecule has 2 heteroatoms. The molecule has 0 heterocycles. The van der Waals surface area contributed by atoms with Crippen molar-refractivity contribution in [2.24, 2.45) is 0 Å². The summed E-state index contributed by atoms with van der Waals surface area (Å²) in [6, 6.07) is 8.35. The first-order valence-corrected chi connectivity index (χ1v) is 5.55. The lowest BCUT2D eigenvalue weighted by Crippen LogP contribution is -1.92. The molecule has 1 aromatic carbocycles. The van der Waals surface area contributed by atoms with Crippen LogP contribution in [0.1, 0.15) is 11.1 Å². The largest absolute Gasteiger partial charge is 0.0985 e. The Bertz CT molecular complexity index is 266. The number of benzene rings is 1. The summed E-state index contributed by atoms with van der Waals surface area (Å²) in [4.78, 5) is 0. The van der Waals surface area contributed by atoms with Gasteiger partial charge >= 0.3 is 0 Å². The lowest BCUT2D eigenvalue weighted by atomic mass is 10.1. The van der Waals surface area contributed by atoms with E-state index >= 15 is 0 Å². The average Bonchev–Trinajstić information content (AvgIpc) is 2.03. The summed E-state index contributed by atoms with van der Waals surface area (Å²) in [7, 11) is 0. The minimum atomic E-state index is 0.352. The van der Waals surface area contributed by atoms with Crippen LogP contribution in [-0.4, -0.2) is 3.74 Å². The van der Waals surface area contributed by atoms with E-state index in [1.807, 2.05) is 12.1 Å². The van der Waals surface area contributed by atoms with E-state index in [1.54, 1.807) is 0 Å². The molecule has 0 N–H and O–H groups in total. The molecular formula is C10H10Br2. The van der Waals surface area contributed by atoms with Crippen molar-refractivity contribution in [3.63, 3.8) is 0 Å². The number of rotatable bonds is 3. The molecule has 0 nitrogen and oxygen atoms in total. The monoisotopic (exact) mass is 288 g/mol. The fourth-order valence-corrected chi connectivity index (χ4v) is 1.77. The van der Waals surface area contributed by atoms with Crippen molar-refractivity contribution in [2.75, 3.05) is 0 Å². The third kappa shape index (κ3) is 3.11. The van der Waals surface area contributed by atoms with Gasteiger partial charge in [-0.1, -0.05) is 68.8 Å². The molecule has 0 aliphatic heterocycles. The molecule has 12 heavy (non-hydrogen) atoms. The highest BCUT2D eigenvalue weighted by Crippen LogP contribution is 2.16. The molecule has 0 saturated heterocycles. The molecule has 0 fully saturated rings. The summed E-state index contributed by atoms with van der Waals surface area (Å²) in [5.41, 5.74) is 2.49. The van der Waals surface area contributed by atoms with E-state index in [4.69, 9.17) is 0 Å². The molecular weight excluding hydrogens is 280 g/mol. The molecule has 0 aliphatic rings. The van der Waals surface area contributed by atoms with Gasteiger partial charge in [0.05, 0.1) is 3.74 Å². The van der Waals surface area contributed by atoms with E-state index in [2.05, 4.69) is 56.6 Å². The summed E-state index contributed by atoms with van der Waals surface area (Å²) < 4.78 is 0.352. The van der Waals surface area contributed by atoms with Gasteiger partial charge in [0.25, 0.3) is 0 Å². The van der Waals surface area contributed by atoms with Crippen LogP contribution in [0.2, 0.25) is 0 Å². The van der Waals surface area contributed by atoms with Crippen LogP contribution >= 0.6 is 31.9 Å². The third-order valence-electron chi connectivity index (χ3n) is 1.58. The van der Waals surface area contributed by atoms with Gasteiger partial charge in [0.15, 0.2) is 0 Å². The molecule has 0 amide bonds. The van der Waals surface area contributed by atoms with Gasteiger partial charge in [-0.25, -0.2) is 0 Å². The van der Waals surface area contributed by atoms with Crippen LogP contribution in [0.4, 0.5) is 0 Å². The Balaban J connectivity index is 2.79. The van der Waals surface area contributed by atoms with Crippen molar-refractivity contribution in [3.8, 4) is 0 Å². The fourth-order valence-electron chi connectivity index (χ4n) is 1.03. The van der Waals surface area contributed by atoms with Crippen LogP contribution in [0.3, 0.4) is 0 Å². The zero-order valence-corrected chi connectivity index (χ0v) is 9.81. The zero-order chi connectivity index (χ0) is 8.97. The van der Waals surface area contributed by atoms with Gasteiger partial charge in [0.1, 0.15) is 0 Å². The predicted octanol–water partition coefficient (Wildman–Crippen LogP) is 3.99. The van der Waals surface area contributed by atoms with Crippen molar-refractivity contribution in [1.82, 2.24) is 0 Å². The van der Waals surface area contributed by atoms with Crippen LogP contribution in [0.15, 0.2) is 30.8 Å². The second kappa shape index (κ2) is 4.83. The van der Waals surface area contributed by atoms with Crippen molar-refractivity contribution >= 4 is 37.9 Å². The highest BCUT2D eigenvalue weighted by Gasteiger charge is 1.99. The molecule has 1 rings (SSSR count). The van der Waals surface area contributed by atoms with E-state index < -0.39 is 0 Å². The Labute approximate surface area is 89.9 Å². The first-order chi connectivity index (χ1) is 5.72. The molecule has 0 unspecified atom stereocenters. The Morgan fingerprint density at radius 1 is 1.42 bits per heavy atom. The van der Waals surface area contributed by atoms with Crippen LogP contribution in [-0.2, 0) is 6.42 Å². The summed E-state index contributed by atoms with van der Waals surface area (Å²) in [6.45, 7) is 3.73. The maximum absolute atomic E-state index is 3.73. The fraction of sp³-hybridized carbons (Fsp3) is 0.200.